The molecule has 1 aromatic heterocycles. The lowest BCUT2D eigenvalue weighted by Gasteiger charge is -2.10. The molecular formula is C21H16N4O4S. The van der Waals surface area contributed by atoms with E-state index in [1.165, 1.54) is 12.1 Å². The number of methoxy groups -OCH3 is 1. The first-order valence-corrected chi connectivity index (χ1v) is 9.30. The Kier molecular flexibility index (Phi) is 5.27. The molecule has 0 radical (unpaired) electrons. The highest BCUT2D eigenvalue weighted by atomic mass is 32.1. The summed E-state index contributed by atoms with van der Waals surface area (Å²) in [5, 5.41) is 17.9. The minimum Gasteiger partial charge on any atom is -0.497 e. The summed E-state index contributed by atoms with van der Waals surface area (Å²) in [5.74, 6) is 2.47. The summed E-state index contributed by atoms with van der Waals surface area (Å²) >= 11 is 5.41. The quantitative estimate of drug-likeness (QED) is 0.258. The molecule has 4 aromatic rings. The van der Waals surface area contributed by atoms with Gasteiger partial charge >= 0.3 is 0 Å². The van der Waals surface area contributed by atoms with Crippen LogP contribution in [0.25, 0.3) is 17.1 Å². The highest BCUT2D eigenvalue weighted by Gasteiger charge is 2.12. The number of hydrogen-bond acceptors (Lipinski definition) is 6. The summed E-state index contributed by atoms with van der Waals surface area (Å²) < 4.78 is 13.3. The van der Waals surface area contributed by atoms with E-state index in [2.05, 4.69) is 10.2 Å². The van der Waals surface area contributed by atoms with Crippen LogP contribution >= 0.6 is 12.2 Å². The number of ether oxygens (including phenoxy) is 2. The molecule has 0 fully saturated rings. The zero-order chi connectivity index (χ0) is 21.1. The molecule has 0 amide bonds. The fourth-order valence-electron chi connectivity index (χ4n) is 2.93. The number of benzene rings is 3. The van der Waals surface area contributed by atoms with Gasteiger partial charge in [-0.05, 0) is 60.7 Å². The Morgan fingerprint density at radius 3 is 2.30 bits per heavy atom. The lowest BCUT2D eigenvalue weighted by Crippen LogP contribution is -1.98. The van der Waals surface area contributed by atoms with Crippen LogP contribution < -0.4 is 9.47 Å². The normalized spacial score (nSPS) is 10.6. The number of H-pyrrole nitrogens is 1. The summed E-state index contributed by atoms with van der Waals surface area (Å²) in [6.45, 7) is 0. The first kappa shape index (κ1) is 19.3. The summed E-state index contributed by atoms with van der Waals surface area (Å²) in [4.78, 5) is 10.3. The molecule has 0 aliphatic carbocycles. The highest BCUT2D eigenvalue weighted by molar-refractivity contribution is 7.71. The van der Waals surface area contributed by atoms with Crippen LogP contribution in [0.3, 0.4) is 0 Å². The number of nitro groups is 1. The molecule has 8 nitrogen and oxygen atoms in total. The van der Waals surface area contributed by atoms with E-state index in [-0.39, 0.29) is 5.69 Å². The van der Waals surface area contributed by atoms with Crippen LogP contribution in [0.15, 0.2) is 72.8 Å². The Morgan fingerprint density at radius 2 is 1.67 bits per heavy atom. The zero-order valence-corrected chi connectivity index (χ0v) is 16.6. The van der Waals surface area contributed by atoms with Crippen LogP contribution in [0.4, 0.5) is 5.69 Å². The standard InChI is InChI=1S/C21H16N4O4S/c1-28-19-4-2-3-14(13-19)20-22-23-21(30)24(20)15-5-9-17(10-6-15)29-18-11-7-16(8-12-18)25(26)27/h2-13H,1H3,(H,23,30). The predicted octanol–water partition coefficient (Wildman–Crippen LogP) is 5.31. The minimum absolute atomic E-state index is 0.0112. The highest BCUT2D eigenvalue weighted by Crippen LogP contribution is 2.28. The topological polar surface area (TPSA) is 95.2 Å². The van der Waals surface area contributed by atoms with E-state index >= 15 is 0 Å². The Bertz CT molecular complexity index is 1250. The average molecular weight is 420 g/mol. The predicted molar refractivity (Wildman–Crippen MR) is 114 cm³/mol. The van der Waals surface area contributed by atoms with Gasteiger partial charge in [0.15, 0.2) is 10.6 Å². The van der Waals surface area contributed by atoms with E-state index in [0.29, 0.717) is 22.1 Å². The van der Waals surface area contributed by atoms with Crippen LogP contribution in [0.1, 0.15) is 0 Å². The first-order valence-electron chi connectivity index (χ1n) is 8.90. The molecule has 3 aromatic carbocycles. The minimum atomic E-state index is -0.451. The summed E-state index contributed by atoms with van der Waals surface area (Å²) in [5.41, 5.74) is 1.67. The summed E-state index contributed by atoms with van der Waals surface area (Å²) in [6, 6.07) is 20.8. The maximum absolute atomic E-state index is 10.8. The molecule has 0 aliphatic rings. The number of nitro benzene ring substituents is 1. The Hall–Kier alpha value is -3.98. The van der Waals surface area contributed by atoms with Crippen molar-refractivity contribution in [2.45, 2.75) is 0 Å². The Balaban J connectivity index is 1.61. The lowest BCUT2D eigenvalue weighted by atomic mass is 10.2. The van der Waals surface area contributed by atoms with Gasteiger partial charge in [0, 0.05) is 17.7 Å². The molecule has 150 valence electrons. The van der Waals surface area contributed by atoms with Crippen LogP contribution in [0.5, 0.6) is 17.2 Å². The SMILES string of the molecule is COc1cccc(-c2n[nH]c(=S)n2-c2ccc(Oc3ccc([N+](=O)[O-])cc3)cc2)c1. The van der Waals surface area contributed by atoms with Gasteiger partial charge < -0.3 is 9.47 Å². The fraction of sp³-hybridized carbons (Fsp3) is 0.0476. The van der Waals surface area contributed by atoms with E-state index in [4.69, 9.17) is 21.7 Å². The van der Waals surface area contributed by atoms with Crippen LogP contribution in [-0.4, -0.2) is 26.8 Å². The molecule has 0 saturated heterocycles. The molecule has 1 heterocycles. The second-order valence-electron chi connectivity index (χ2n) is 6.27. The van der Waals surface area contributed by atoms with Gasteiger partial charge in [-0.15, -0.1) is 0 Å². The number of rotatable bonds is 6. The van der Waals surface area contributed by atoms with Crippen molar-refractivity contribution in [2.75, 3.05) is 7.11 Å². The number of hydrogen-bond donors (Lipinski definition) is 1. The van der Waals surface area contributed by atoms with Gasteiger partial charge in [-0.1, -0.05) is 12.1 Å². The van der Waals surface area contributed by atoms with E-state index in [1.807, 2.05) is 41.0 Å². The van der Waals surface area contributed by atoms with E-state index in [9.17, 15) is 10.1 Å². The van der Waals surface area contributed by atoms with Gasteiger partial charge in [-0.3, -0.25) is 19.8 Å². The van der Waals surface area contributed by atoms with Gasteiger partial charge in [-0.2, -0.15) is 5.10 Å². The molecule has 30 heavy (non-hydrogen) atoms. The maximum atomic E-state index is 10.8. The first-order chi connectivity index (χ1) is 14.5. The third kappa shape index (κ3) is 3.91. The van der Waals surface area contributed by atoms with Crippen molar-refractivity contribution in [3.8, 4) is 34.3 Å². The zero-order valence-electron chi connectivity index (χ0n) is 15.8. The van der Waals surface area contributed by atoms with Crippen LogP contribution in [0.2, 0.25) is 0 Å². The summed E-state index contributed by atoms with van der Waals surface area (Å²) in [7, 11) is 1.61. The van der Waals surface area contributed by atoms with Gasteiger partial charge in [0.25, 0.3) is 5.69 Å². The van der Waals surface area contributed by atoms with E-state index in [1.54, 1.807) is 31.4 Å². The molecule has 4 rings (SSSR count). The lowest BCUT2D eigenvalue weighted by molar-refractivity contribution is -0.384. The molecule has 1 N–H and O–H groups in total. The molecule has 0 bridgehead atoms. The van der Waals surface area contributed by atoms with Crippen molar-refractivity contribution in [2.24, 2.45) is 0 Å². The monoisotopic (exact) mass is 420 g/mol. The van der Waals surface area contributed by atoms with E-state index < -0.39 is 4.92 Å². The molecule has 0 saturated carbocycles. The Labute approximate surface area is 176 Å². The van der Waals surface area contributed by atoms with Crippen molar-refractivity contribution in [1.82, 2.24) is 14.8 Å². The molecule has 0 atom stereocenters. The second kappa shape index (κ2) is 8.18. The second-order valence-corrected chi connectivity index (χ2v) is 6.65. The number of aromatic nitrogens is 3. The van der Waals surface area contributed by atoms with Gasteiger partial charge in [0.2, 0.25) is 0 Å². The van der Waals surface area contributed by atoms with Crippen molar-refractivity contribution in [1.29, 1.82) is 0 Å². The Morgan fingerprint density at radius 1 is 1.00 bits per heavy atom. The average Bonchev–Trinajstić information content (AvgIpc) is 3.16. The molecule has 0 aliphatic heterocycles. The smallest absolute Gasteiger partial charge is 0.269 e. The maximum Gasteiger partial charge on any atom is 0.269 e. The van der Waals surface area contributed by atoms with Crippen molar-refractivity contribution >= 4 is 17.9 Å². The van der Waals surface area contributed by atoms with Crippen molar-refractivity contribution in [3.63, 3.8) is 0 Å². The molecule has 9 heteroatoms. The number of nitrogens with one attached hydrogen (secondary N) is 1. The third-order valence-corrected chi connectivity index (χ3v) is 4.65. The molecule has 0 spiro atoms. The number of nitrogens with zero attached hydrogens (tertiary/aromatic N) is 3. The number of non-ortho nitro benzene ring substituents is 1. The summed E-state index contributed by atoms with van der Waals surface area (Å²) in [6.07, 6.45) is 0. The van der Waals surface area contributed by atoms with Gasteiger partial charge in [-0.25, -0.2) is 0 Å². The van der Waals surface area contributed by atoms with Gasteiger partial charge in [0.05, 0.1) is 17.7 Å². The van der Waals surface area contributed by atoms with Gasteiger partial charge in [0.1, 0.15) is 17.2 Å². The van der Waals surface area contributed by atoms with E-state index in [0.717, 1.165) is 17.0 Å². The molecule has 0 unspecified atom stereocenters. The van der Waals surface area contributed by atoms with Crippen LogP contribution in [0, 0.1) is 14.9 Å². The fourth-order valence-corrected chi connectivity index (χ4v) is 3.17. The van der Waals surface area contributed by atoms with Crippen molar-refractivity contribution < 1.29 is 14.4 Å². The largest absolute Gasteiger partial charge is 0.497 e. The third-order valence-electron chi connectivity index (χ3n) is 4.38. The number of aromatic amines is 1. The van der Waals surface area contributed by atoms with Crippen LogP contribution in [-0.2, 0) is 0 Å². The molecular weight excluding hydrogens is 404 g/mol. The van der Waals surface area contributed by atoms with Crippen molar-refractivity contribution in [3.05, 3.63) is 87.7 Å².